The van der Waals surface area contributed by atoms with Gasteiger partial charge in [-0.1, -0.05) is 31.5 Å². The normalized spacial score (nSPS) is 10.9. The lowest BCUT2D eigenvalue weighted by molar-refractivity contribution is 0.684. The van der Waals surface area contributed by atoms with Gasteiger partial charge in [-0.25, -0.2) is 0 Å². The Morgan fingerprint density at radius 1 is 1.44 bits per heavy atom. The molecule has 0 unspecified atom stereocenters. The lowest BCUT2D eigenvalue weighted by Crippen LogP contribution is -2.09. The van der Waals surface area contributed by atoms with Gasteiger partial charge < -0.3 is 11.1 Å². The first-order valence-corrected chi connectivity index (χ1v) is 6.16. The Morgan fingerprint density at radius 2 is 2.22 bits per heavy atom. The highest BCUT2D eigenvalue weighted by Gasteiger charge is 2.09. The predicted octanol–water partition coefficient (Wildman–Crippen LogP) is 2.57. The number of halogens is 1. The van der Waals surface area contributed by atoms with Gasteiger partial charge in [-0.2, -0.15) is 9.67 Å². The van der Waals surface area contributed by atoms with E-state index in [-0.39, 0.29) is 0 Å². The van der Waals surface area contributed by atoms with Crippen LogP contribution >= 0.6 is 11.6 Å². The smallest absolute Gasteiger partial charge is 0.244 e. The van der Waals surface area contributed by atoms with Crippen LogP contribution in [0.15, 0.2) is 24.3 Å². The molecule has 0 amide bonds. The van der Waals surface area contributed by atoms with Crippen molar-refractivity contribution in [3.8, 4) is 5.69 Å². The van der Waals surface area contributed by atoms with Gasteiger partial charge in [0.1, 0.15) is 0 Å². The van der Waals surface area contributed by atoms with E-state index in [4.69, 9.17) is 17.3 Å². The average Bonchev–Trinajstić information content (AvgIpc) is 2.68. The summed E-state index contributed by atoms with van der Waals surface area (Å²) in [5, 5.41) is 8.08. The molecule has 0 saturated carbocycles. The van der Waals surface area contributed by atoms with Crippen molar-refractivity contribution in [2.75, 3.05) is 17.6 Å². The summed E-state index contributed by atoms with van der Waals surface area (Å²) in [4.78, 5) is 4.16. The fourth-order valence-corrected chi connectivity index (χ4v) is 1.68. The van der Waals surface area contributed by atoms with E-state index in [9.17, 15) is 0 Å². The van der Waals surface area contributed by atoms with Crippen LogP contribution in [0.2, 0.25) is 5.02 Å². The van der Waals surface area contributed by atoms with Gasteiger partial charge in [-0.3, -0.25) is 0 Å². The van der Waals surface area contributed by atoms with E-state index >= 15 is 0 Å². The summed E-state index contributed by atoms with van der Waals surface area (Å²) in [5.74, 6) is 1.38. The molecule has 2 aromatic rings. The van der Waals surface area contributed by atoms with Gasteiger partial charge in [0.25, 0.3) is 0 Å². The quantitative estimate of drug-likeness (QED) is 0.892. The third-order valence-corrected chi connectivity index (χ3v) is 2.59. The van der Waals surface area contributed by atoms with Crippen LogP contribution in [0.3, 0.4) is 0 Å². The highest BCUT2D eigenvalue weighted by atomic mass is 35.5. The zero-order valence-corrected chi connectivity index (χ0v) is 11.1. The maximum absolute atomic E-state index is 5.94. The summed E-state index contributed by atoms with van der Waals surface area (Å²) < 4.78 is 1.56. The summed E-state index contributed by atoms with van der Waals surface area (Å²) in [6, 6.07) is 7.32. The molecule has 5 nitrogen and oxygen atoms in total. The monoisotopic (exact) mass is 265 g/mol. The van der Waals surface area contributed by atoms with Crippen LogP contribution in [0.5, 0.6) is 0 Å². The van der Waals surface area contributed by atoms with E-state index in [0.29, 0.717) is 22.8 Å². The Morgan fingerprint density at radius 3 is 2.89 bits per heavy atom. The molecule has 0 aliphatic carbocycles. The zero-order chi connectivity index (χ0) is 13.1. The molecular weight excluding hydrogens is 250 g/mol. The molecule has 0 bridgehead atoms. The van der Waals surface area contributed by atoms with Gasteiger partial charge in [-0.05, 0) is 24.1 Å². The minimum absolute atomic E-state index is 0.337. The van der Waals surface area contributed by atoms with E-state index in [1.165, 1.54) is 0 Å². The fraction of sp³-hybridized carbons (Fsp3) is 0.333. The number of rotatable bonds is 4. The first kappa shape index (κ1) is 12.7. The van der Waals surface area contributed by atoms with Crippen molar-refractivity contribution in [1.82, 2.24) is 14.8 Å². The number of nitrogens with zero attached hydrogens (tertiary/aromatic N) is 3. The summed E-state index contributed by atoms with van der Waals surface area (Å²) in [7, 11) is 0. The second-order valence-corrected chi connectivity index (χ2v) is 4.90. The largest absolute Gasteiger partial charge is 0.368 e. The molecule has 3 N–H and O–H groups in total. The summed E-state index contributed by atoms with van der Waals surface area (Å²) in [5.41, 5.74) is 6.63. The minimum Gasteiger partial charge on any atom is -0.368 e. The van der Waals surface area contributed by atoms with E-state index in [0.717, 1.165) is 12.2 Å². The number of aromatic nitrogens is 3. The van der Waals surface area contributed by atoms with Crippen LogP contribution in [0.25, 0.3) is 5.69 Å². The van der Waals surface area contributed by atoms with Crippen molar-refractivity contribution in [2.24, 2.45) is 5.92 Å². The van der Waals surface area contributed by atoms with Crippen LogP contribution < -0.4 is 11.1 Å². The van der Waals surface area contributed by atoms with E-state index in [1.54, 1.807) is 16.8 Å². The molecule has 0 spiro atoms. The Kier molecular flexibility index (Phi) is 3.72. The molecule has 0 atom stereocenters. The lowest BCUT2D eigenvalue weighted by atomic mass is 10.2. The Bertz CT molecular complexity index is 535. The number of benzene rings is 1. The molecule has 96 valence electrons. The SMILES string of the molecule is CC(C)CNc1nc(N)n(-c2cccc(Cl)c2)n1. The van der Waals surface area contributed by atoms with Crippen LogP contribution in [0, 0.1) is 5.92 Å². The molecule has 18 heavy (non-hydrogen) atoms. The number of anilines is 2. The Hall–Kier alpha value is -1.75. The van der Waals surface area contributed by atoms with Gasteiger partial charge >= 0.3 is 0 Å². The second-order valence-electron chi connectivity index (χ2n) is 4.46. The van der Waals surface area contributed by atoms with Crippen LogP contribution in [0.4, 0.5) is 11.9 Å². The molecule has 1 aromatic heterocycles. The molecule has 1 heterocycles. The van der Waals surface area contributed by atoms with Gasteiger partial charge in [0.05, 0.1) is 5.69 Å². The molecule has 0 fully saturated rings. The van der Waals surface area contributed by atoms with Crippen molar-refractivity contribution < 1.29 is 0 Å². The van der Waals surface area contributed by atoms with Gasteiger partial charge in [0.2, 0.25) is 11.9 Å². The van der Waals surface area contributed by atoms with Crippen LogP contribution in [0.1, 0.15) is 13.8 Å². The molecule has 1 aromatic carbocycles. The zero-order valence-electron chi connectivity index (χ0n) is 10.4. The third kappa shape index (κ3) is 2.92. The number of hydrogen-bond acceptors (Lipinski definition) is 4. The summed E-state index contributed by atoms with van der Waals surface area (Å²) in [6.07, 6.45) is 0. The third-order valence-electron chi connectivity index (χ3n) is 2.35. The van der Waals surface area contributed by atoms with Crippen molar-refractivity contribution in [3.05, 3.63) is 29.3 Å². The van der Waals surface area contributed by atoms with Gasteiger partial charge in [0.15, 0.2) is 0 Å². The minimum atomic E-state index is 0.337. The molecule has 0 aliphatic rings. The maximum Gasteiger partial charge on any atom is 0.244 e. The van der Waals surface area contributed by atoms with Gasteiger partial charge in [0, 0.05) is 11.6 Å². The lowest BCUT2D eigenvalue weighted by Gasteiger charge is -2.04. The number of nitrogen functional groups attached to an aromatic ring is 1. The standard InChI is InChI=1S/C12H16ClN5/c1-8(2)7-15-12-16-11(14)18(17-12)10-5-3-4-9(13)6-10/h3-6,8H,7H2,1-2H3,(H3,14,15,16,17). The summed E-state index contributed by atoms with van der Waals surface area (Å²) >= 11 is 5.94. The first-order chi connectivity index (χ1) is 8.56. The molecular formula is C12H16ClN5. The highest BCUT2D eigenvalue weighted by molar-refractivity contribution is 6.30. The van der Waals surface area contributed by atoms with E-state index < -0.39 is 0 Å². The molecule has 0 aliphatic heterocycles. The molecule has 0 radical (unpaired) electrons. The number of hydrogen-bond donors (Lipinski definition) is 2. The van der Waals surface area contributed by atoms with Crippen LogP contribution in [-0.4, -0.2) is 21.3 Å². The number of nitrogens with two attached hydrogens (primary N) is 1. The van der Waals surface area contributed by atoms with E-state index in [2.05, 4.69) is 29.2 Å². The highest BCUT2D eigenvalue weighted by Crippen LogP contribution is 2.17. The second kappa shape index (κ2) is 5.27. The fourth-order valence-electron chi connectivity index (χ4n) is 1.49. The van der Waals surface area contributed by atoms with Crippen LogP contribution in [-0.2, 0) is 0 Å². The predicted molar refractivity (Wildman–Crippen MR) is 74.1 cm³/mol. The van der Waals surface area contributed by atoms with Gasteiger partial charge in [-0.15, -0.1) is 5.10 Å². The number of nitrogens with one attached hydrogen (secondary N) is 1. The Labute approximate surface area is 111 Å². The molecule has 2 rings (SSSR count). The molecule has 6 heteroatoms. The molecule has 0 saturated heterocycles. The average molecular weight is 266 g/mol. The van der Waals surface area contributed by atoms with Crippen molar-refractivity contribution in [1.29, 1.82) is 0 Å². The summed E-state index contributed by atoms with van der Waals surface area (Å²) in [6.45, 7) is 5.04. The van der Waals surface area contributed by atoms with Crippen molar-refractivity contribution in [3.63, 3.8) is 0 Å². The van der Waals surface area contributed by atoms with E-state index in [1.807, 2.05) is 12.1 Å². The van der Waals surface area contributed by atoms with Crippen molar-refractivity contribution >= 4 is 23.5 Å². The van der Waals surface area contributed by atoms with Crippen molar-refractivity contribution in [2.45, 2.75) is 13.8 Å². The first-order valence-electron chi connectivity index (χ1n) is 5.78. The topological polar surface area (TPSA) is 68.8 Å². The maximum atomic E-state index is 5.94. The Balaban J connectivity index is 2.24.